The molecule has 0 radical (unpaired) electrons. The number of carboxylic acid groups (broad SMARTS) is 1. The summed E-state index contributed by atoms with van der Waals surface area (Å²) in [6, 6.07) is 1.08. The van der Waals surface area contributed by atoms with Crippen LogP contribution in [0.2, 0.25) is 0 Å². The van der Waals surface area contributed by atoms with E-state index in [0.717, 1.165) is 6.07 Å². The molecule has 9 heteroatoms. The SMILES string of the molecule is Cn1cc(S(=O)(=O)NCCS(C)=O)cc1C(=O)O. The monoisotopic (exact) mass is 294 g/mol. The predicted molar refractivity (Wildman–Crippen MR) is 66.5 cm³/mol. The topological polar surface area (TPSA) is 105 Å². The number of aryl methyl sites for hydroxylation is 1. The Balaban J connectivity index is 2.89. The average molecular weight is 294 g/mol. The Bertz CT molecular complexity index is 576. The number of carbonyl (C=O) groups is 1. The third-order valence-electron chi connectivity index (χ3n) is 2.19. The smallest absolute Gasteiger partial charge is 0.352 e. The van der Waals surface area contributed by atoms with Gasteiger partial charge in [0.1, 0.15) is 10.6 Å². The van der Waals surface area contributed by atoms with Gasteiger partial charge in [0.25, 0.3) is 0 Å². The summed E-state index contributed by atoms with van der Waals surface area (Å²) in [4.78, 5) is 10.7. The third kappa shape index (κ3) is 3.65. The molecule has 0 aliphatic rings. The molecule has 0 amide bonds. The minimum absolute atomic E-state index is 0.0444. The lowest BCUT2D eigenvalue weighted by Crippen LogP contribution is -2.27. The summed E-state index contributed by atoms with van der Waals surface area (Å²) in [5.74, 6) is -0.994. The van der Waals surface area contributed by atoms with Crippen molar-refractivity contribution in [3.05, 3.63) is 18.0 Å². The molecule has 18 heavy (non-hydrogen) atoms. The number of aromatic nitrogens is 1. The number of aromatic carboxylic acids is 1. The zero-order valence-corrected chi connectivity index (χ0v) is 11.5. The number of hydrogen-bond donors (Lipinski definition) is 2. The van der Waals surface area contributed by atoms with E-state index < -0.39 is 26.8 Å². The molecule has 0 saturated heterocycles. The van der Waals surface area contributed by atoms with Crippen molar-refractivity contribution in [1.82, 2.24) is 9.29 Å². The Labute approximate surface area is 107 Å². The summed E-state index contributed by atoms with van der Waals surface area (Å²) in [6.07, 6.45) is 2.69. The average Bonchev–Trinajstić information content (AvgIpc) is 2.60. The standard InChI is InChI=1S/C9H14N2O5S2/c1-11-6-7(5-8(11)9(12)13)18(15,16)10-3-4-17(2)14/h5-6,10H,3-4H2,1-2H3,(H,12,13). The van der Waals surface area contributed by atoms with Gasteiger partial charge in [-0.15, -0.1) is 0 Å². The fraction of sp³-hybridized carbons (Fsp3) is 0.444. The first-order valence-corrected chi connectivity index (χ1v) is 8.14. The van der Waals surface area contributed by atoms with E-state index in [9.17, 15) is 17.4 Å². The van der Waals surface area contributed by atoms with Gasteiger partial charge < -0.3 is 9.67 Å². The number of nitrogens with one attached hydrogen (secondary N) is 1. The van der Waals surface area contributed by atoms with E-state index in [4.69, 9.17) is 5.11 Å². The maximum Gasteiger partial charge on any atom is 0.352 e. The normalized spacial score (nSPS) is 13.4. The lowest BCUT2D eigenvalue weighted by Gasteiger charge is -2.02. The lowest BCUT2D eigenvalue weighted by atomic mass is 10.4. The van der Waals surface area contributed by atoms with Crippen LogP contribution in [0.1, 0.15) is 10.5 Å². The van der Waals surface area contributed by atoms with E-state index in [0.29, 0.717) is 0 Å². The summed E-state index contributed by atoms with van der Waals surface area (Å²) < 4.78 is 37.9. The molecule has 7 nitrogen and oxygen atoms in total. The summed E-state index contributed by atoms with van der Waals surface area (Å²) in [7, 11) is -3.40. The predicted octanol–water partition coefficient (Wildman–Crippen LogP) is -0.620. The highest BCUT2D eigenvalue weighted by Gasteiger charge is 2.19. The summed E-state index contributed by atoms with van der Waals surface area (Å²) in [5.41, 5.74) is -0.116. The Morgan fingerprint density at radius 1 is 1.56 bits per heavy atom. The van der Waals surface area contributed by atoms with Gasteiger partial charge in [0.15, 0.2) is 0 Å². The van der Waals surface area contributed by atoms with Gasteiger partial charge in [-0.2, -0.15) is 0 Å². The quantitative estimate of drug-likeness (QED) is 0.727. The highest BCUT2D eigenvalue weighted by molar-refractivity contribution is 7.89. The maximum atomic E-state index is 11.8. The van der Waals surface area contributed by atoms with Gasteiger partial charge in [-0.05, 0) is 6.07 Å². The number of sulfonamides is 1. The molecule has 0 aromatic carbocycles. The molecule has 0 aliphatic carbocycles. The maximum absolute atomic E-state index is 11.8. The molecule has 1 aromatic heterocycles. The third-order valence-corrected chi connectivity index (χ3v) is 4.40. The number of carboxylic acids is 1. The highest BCUT2D eigenvalue weighted by Crippen LogP contribution is 2.13. The van der Waals surface area contributed by atoms with Gasteiger partial charge in [-0.3, -0.25) is 4.21 Å². The molecule has 0 saturated carbocycles. The van der Waals surface area contributed by atoms with Crippen LogP contribution in [0.3, 0.4) is 0 Å². The molecule has 0 aliphatic heterocycles. The molecule has 2 N–H and O–H groups in total. The second-order valence-electron chi connectivity index (χ2n) is 3.65. The first-order chi connectivity index (χ1) is 8.24. The van der Waals surface area contributed by atoms with Crippen LogP contribution >= 0.6 is 0 Å². The van der Waals surface area contributed by atoms with Gasteiger partial charge in [-0.1, -0.05) is 0 Å². The number of nitrogens with zero attached hydrogens (tertiary/aromatic N) is 1. The zero-order valence-electron chi connectivity index (χ0n) is 9.91. The van der Waals surface area contributed by atoms with Crippen LogP contribution in [0.25, 0.3) is 0 Å². The molecule has 0 bridgehead atoms. The van der Waals surface area contributed by atoms with Crippen molar-refractivity contribution in [2.75, 3.05) is 18.6 Å². The van der Waals surface area contributed by atoms with Crippen molar-refractivity contribution >= 4 is 26.8 Å². The highest BCUT2D eigenvalue weighted by atomic mass is 32.2. The van der Waals surface area contributed by atoms with Crippen LogP contribution < -0.4 is 4.72 Å². The molecule has 102 valence electrons. The van der Waals surface area contributed by atoms with E-state index in [1.165, 1.54) is 24.1 Å². The van der Waals surface area contributed by atoms with Gasteiger partial charge in [0.05, 0.1) is 0 Å². The van der Waals surface area contributed by atoms with Gasteiger partial charge in [0, 0.05) is 42.6 Å². The molecule has 0 fully saturated rings. The molecular weight excluding hydrogens is 280 g/mol. The van der Waals surface area contributed by atoms with E-state index >= 15 is 0 Å². The van der Waals surface area contributed by atoms with Gasteiger partial charge in [-0.25, -0.2) is 17.9 Å². The molecule has 1 heterocycles. The molecule has 1 aromatic rings. The number of rotatable bonds is 6. The lowest BCUT2D eigenvalue weighted by molar-refractivity contribution is 0.0686. The summed E-state index contributed by atoms with van der Waals surface area (Å²) >= 11 is 0. The van der Waals surface area contributed by atoms with Crippen molar-refractivity contribution in [3.63, 3.8) is 0 Å². The second kappa shape index (κ2) is 5.63. The van der Waals surface area contributed by atoms with Crippen LogP contribution in [0.15, 0.2) is 17.2 Å². The van der Waals surface area contributed by atoms with Gasteiger partial charge >= 0.3 is 5.97 Å². The Hall–Kier alpha value is -1.19. The Morgan fingerprint density at radius 2 is 2.17 bits per heavy atom. The van der Waals surface area contributed by atoms with Crippen molar-refractivity contribution in [3.8, 4) is 0 Å². The van der Waals surface area contributed by atoms with E-state index in [-0.39, 0.29) is 22.9 Å². The summed E-state index contributed by atoms with van der Waals surface area (Å²) in [5, 5.41) is 8.82. The zero-order chi connectivity index (χ0) is 13.9. The van der Waals surface area contributed by atoms with E-state index in [1.807, 2.05) is 0 Å². The minimum atomic E-state index is -3.76. The Morgan fingerprint density at radius 3 is 2.61 bits per heavy atom. The second-order valence-corrected chi connectivity index (χ2v) is 6.97. The molecule has 1 atom stereocenters. The largest absolute Gasteiger partial charge is 0.477 e. The van der Waals surface area contributed by atoms with Crippen molar-refractivity contribution in [2.45, 2.75) is 4.90 Å². The minimum Gasteiger partial charge on any atom is -0.477 e. The van der Waals surface area contributed by atoms with Crippen molar-refractivity contribution < 1.29 is 22.5 Å². The first-order valence-electron chi connectivity index (χ1n) is 4.93. The number of hydrogen-bond acceptors (Lipinski definition) is 4. The molecule has 1 rings (SSSR count). The molecular formula is C9H14N2O5S2. The van der Waals surface area contributed by atoms with E-state index in [1.54, 1.807) is 0 Å². The fourth-order valence-electron chi connectivity index (χ4n) is 1.30. The molecule has 0 spiro atoms. The van der Waals surface area contributed by atoms with Crippen molar-refractivity contribution in [1.29, 1.82) is 0 Å². The van der Waals surface area contributed by atoms with Crippen LogP contribution in [0.5, 0.6) is 0 Å². The Kier molecular flexibility index (Phi) is 4.65. The summed E-state index contributed by atoms with van der Waals surface area (Å²) in [6.45, 7) is 0.0444. The molecule has 1 unspecified atom stereocenters. The van der Waals surface area contributed by atoms with Crippen LogP contribution in [0, 0.1) is 0 Å². The first kappa shape index (κ1) is 14.9. The fourth-order valence-corrected chi connectivity index (χ4v) is 2.92. The van der Waals surface area contributed by atoms with Crippen LogP contribution in [-0.4, -0.2) is 46.8 Å². The van der Waals surface area contributed by atoms with Crippen LogP contribution in [0.4, 0.5) is 0 Å². The van der Waals surface area contributed by atoms with Crippen molar-refractivity contribution in [2.24, 2.45) is 7.05 Å². The van der Waals surface area contributed by atoms with Crippen LogP contribution in [-0.2, 0) is 27.9 Å². The van der Waals surface area contributed by atoms with Gasteiger partial charge in [0.2, 0.25) is 10.0 Å². The van der Waals surface area contributed by atoms with E-state index in [2.05, 4.69) is 4.72 Å².